The van der Waals surface area contributed by atoms with Crippen molar-refractivity contribution >= 4 is 29.4 Å². The smallest absolute Gasteiger partial charge is 0.127 e. The number of aromatic nitrogens is 2. The second-order valence-corrected chi connectivity index (χ2v) is 6.44. The van der Waals surface area contributed by atoms with Gasteiger partial charge in [-0.05, 0) is 41.8 Å². The predicted molar refractivity (Wildman–Crippen MR) is 108 cm³/mol. The van der Waals surface area contributed by atoms with Crippen LogP contribution in [0.4, 0.5) is 11.5 Å². The van der Waals surface area contributed by atoms with Crippen LogP contribution in [0.15, 0.2) is 42.9 Å². The second-order valence-electron chi connectivity index (χ2n) is 6.44. The van der Waals surface area contributed by atoms with E-state index in [-0.39, 0.29) is 6.17 Å². The lowest BCUT2D eigenvalue weighted by atomic mass is 10.1. The zero-order chi connectivity index (χ0) is 18.5. The van der Waals surface area contributed by atoms with Crippen LogP contribution in [0.5, 0.6) is 0 Å². The topological polar surface area (TPSA) is 85.7 Å². The average Bonchev–Trinajstić information content (AvgIpc) is 2.65. The number of pyridine rings is 2. The summed E-state index contributed by atoms with van der Waals surface area (Å²) in [6.07, 6.45) is 10.6. The molecule has 26 heavy (non-hydrogen) atoms. The van der Waals surface area contributed by atoms with Crippen LogP contribution in [-0.4, -0.2) is 29.4 Å². The quantitative estimate of drug-likeness (QED) is 0.598. The van der Waals surface area contributed by atoms with Crippen LogP contribution in [0.1, 0.15) is 36.6 Å². The number of anilines is 2. The van der Waals surface area contributed by atoms with E-state index in [4.69, 9.17) is 5.41 Å². The summed E-state index contributed by atoms with van der Waals surface area (Å²) in [4.78, 5) is 8.89. The molecule has 0 amide bonds. The molecule has 0 bridgehead atoms. The van der Waals surface area contributed by atoms with E-state index in [9.17, 15) is 0 Å². The van der Waals surface area contributed by atoms with Gasteiger partial charge in [-0.25, -0.2) is 4.98 Å². The van der Waals surface area contributed by atoms with Crippen LogP contribution in [-0.2, 0) is 0 Å². The average molecular weight is 348 g/mol. The SMILES string of the molecule is CN/C=C(\C=N)c1cnc2c(c1)NC(Nc1cc(C(C)C)ccn1)C=C2. The van der Waals surface area contributed by atoms with Gasteiger partial charge >= 0.3 is 0 Å². The van der Waals surface area contributed by atoms with Gasteiger partial charge in [0.05, 0.1) is 11.4 Å². The maximum atomic E-state index is 7.57. The van der Waals surface area contributed by atoms with E-state index in [0.29, 0.717) is 5.92 Å². The normalized spacial score (nSPS) is 16.0. The number of fused-ring (bicyclic) bond motifs is 1. The first-order valence-corrected chi connectivity index (χ1v) is 8.66. The van der Waals surface area contributed by atoms with E-state index in [2.05, 4.69) is 45.8 Å². The van der Waals surface area contributed by atoms with Crippen molar-refractivity contribution in [3.05, 3.63) is 59.7 Å². The third-order valence-electron chi connectivity index (χ3n) is 4.22. The van der Waals surface area contributed by atoms with Crippen LogP contribution in [0.2, 0.25) is 0 Å². The molecule has 0 spiro atoms. The molecule has 6 nitrogen and oxygen atoms in total. The van der Waals surface area contributed by atoms with Gasteiger partial charge in [-0.15, -0.1) is 0 Å². The van der Waals surface area contributed by atoms with Gasteiger partial charge in [0, 0.05) is 43.0 Å². The van der Waals surface area contributed by atoms with Gasteiger partial charge in [0.1, 0.15) is 12.0 Å². The molecule has 1 aliphatic rings. The first-order valence-electron chi connectivity index (χ1n) is 8.66. The molecule has 2 aromatic heterocycles. The third kappa shape index (κ3) is 3.91. The Kier molecular flexibility index (Phi) is 5.31. The Hall–Kier alpha value is -3.15. The summed E-state index contributed by atoms with van der Waals surface area (Å²) in [5, 5.41) is 17.4. The van der Waals surface area contributed by atoms with Crippen molar-refractivity contribution in [3.63, 3.8) is 0 Å². The van der Waals surface area contributed by atoms with E-state index < -0.39 is 0 Å². The molecule has 6 heteroatoms. The molecule has 1 aliphatic heterocycles. The molecule has 4 N–H and O–H groups in total. The number of hydrogen-bond acceptors (Lipinski definition) is 6. The van der Waals surface area contributed by atoms with E-state index in [1.54, 1.807) is 12.4 Å². The van der Waals surface area contributed by atoms with E-state index in [1.807, 2.05) is 37.5 Å². The number of hydrogen-bond donors (Lipinski definition) is 4. The number of nitrogens with one attached hydrogen (secondary N) is 4. The summed E-state index contributed by atoms with van der Waals surface area (Å²) in [7, 11) is 1.81. The molecule has 134 valence electrons. The Bertz CT molecular complexity index is 853. The highest BCUT2D eigenvalue weighted by molar-refractivity contribution is 6.08. The van der Waals surface area contributed by atoms with Gasteiger partial charge in [-0.3, -0.25) is 4.98 Å². The highest BCUT2D eigenvalue weighted by atomic mass is 15.2. The van der Waals surface area contributed by atoms with E-state index >= 15 is 0 Å². The molecule has 0 radical (unpaired) electrons. The van der Waals surface area contributed by atoms with Crippen LogP contribution in [0, 0.1) is 5.41 Å². The minimum atomic E-state index is -0.0776. The summed E-state index contributed by atoms with van der Waals surface area (Å²) in [6, 6.07) is 6.12. The minimum absolute atomic E-state index is 0.0776. The lowest BCUT2D eigenvalue weighted by Crippen LogP contribution is -2.29. The lowest BCUT2D eigenvalue weighted by molar-refractivity contribution is 0.861. The Morgan fingerprint density at radius 1 is 1.31 bits per heavy atom. The molecule has 0 saturated heterocycles. The van der Waals surface area contributed by atoms with Gasteiger partial charge in [-0.1, -0.05) is 13.8 Å². The maximum Gasteiger partial charge on any atom is 0.127 e. The molecule has 1 atom stereocenters. The first-order chi connectivity index (χ1) is 12.6. The molecule has 1 unspecified atom stereocenters. The summed E-state index contributed by atoms with van der Waals surface area (Å²) >= 11 is 0. The van der Waals surface area contributed by atoms with Crippen LogP contribution >= 0.6 is 0 Å². The van der Waals surface area contributed by atoms with Crippen molar-refractivity contribution < 1.29 is 0 Å². The molecule has 0 fully saturated rings. The Labute approximate surface area is 154 Å². The Balaban J connectivity index is 1.79. The summed E-state index contributed by atoms with van der Waals surface area (Å²) < 4.78 is 0. The molecule has 2 aromatic rings. The van der Waals surface area contributed by atoms with Crippen LogP contribution < -0.4 is 16.0 Å². The largest absolute Gasteiger partial charge is 0.393 e. The fourth-order valence-corrected chi connectivity index (χ4v) is 2.78. The summed E-state index contributed by atoms with van der Waals surface area (Å²) in [6.45, 7) is 4.34. The van der Waals surface area contributed by atoms with Crippen molar-refractivity contribution in [2.24, 2.45) is 0 Å². The molecule has 0 aromatic carbocycles. The third-order valence-corrected chi connectivity index (χ3v) is 4.22. The zero-order valence-corrected chi connectivity index (χ0v) is 15.2. The zero-order valence-electron chi connectivity index (χ0n) is 15.2. The number of rotatable bonds is 6. The van der Waals surface area contributed by atoms with Crippen molar-refractivity contribution in [2.75, 3.05) is 17.7 Å². The molecule has 0 aliphatic carbocycles. The molecular weight excluding hydrogens is 324 g/mol. The van der Waals surface area contributed by atoms with Gasteiger partial charge in [0.25, 0.3) is 0 Å². The minimum Gasteiger partial charge on any atom is -0.393 e. The van der Waals surface area contributed by atoms with Gasteiger partial charge < -0.3 is 21.4 Å². The highest BCUT2D eigenvalue weighted by Crippen LogP contribution is 2.25. The van der Waals surface area contributed by atoms with E-state index in [1.165, 1.54) is 11.8 Å². The van der Waals surface area contributed by atoms with Crippen molar-refractivity contribution in [1.29, 1.82) is 5.41 Å². The van der Waals surface area contributed by atoms with E-state index in [0.717, 1.165) is 28.3 Å². The van der Waals surface area contributed by atoms with Crippen molar-refractivity contribution in [3.8, 4) is 0 Å². The molecular formula is C20H24N6. The fraction of sp³-hybridized carbons (Fsp3) is 0.250. The Morgan fingerprint density at radius 2 is 2.15 bits per heavy atom. The standard InChI is InChI=1S/C20H24N6/c1-13(2)14-6-7-23-20(9-14)26-19-5-4-17-18(25-19)8-15(12-24-17)16(10-21)11-22-3/h4-13,19,21-22,25H,1-3H3,(H,23,26)/b16-11+,21-10?. The van der Waals surface area contributed by atoms with Crippen LogP contribution in [0.25, 0.3) is 11.6 Å². The summed E-state index contributed by atoms with van der Waals surface area (Å²) in [5.74, 6) is 1.29. The Morgan fingerprint density at radius 3 is 2.88 bits per heavy atom. The monoisotopic (exact) mass is 348 g/mol. The lowest BCUT2D eigenvalue weighted by Gasteiger charge is -2.24. The first kappa shape index (κ1) is 17.7. The van der Waals surface area contributed by atoms with Gasteiger partial charge in [0.2, 0.25) is 0 Å². The molecule has 3 rings (SSSR count). The fourth-order valence-electron chi connectivity index (χ4n) is 2.78. The number of nitrogens with zero attached hydrogens (tertiary/aromatic N) is 2. The van der Waals surface area contributed by atoms with Gasteiger partial charge in [-0.2, -0.15) is 0 Å². The molecule has 3 heterocycles. The van der Waals surface area contributed by atoms with Crippen LogP contribution in [0.3, 0.4) is 0 Å². The van der Waals surface area contributed by atoms with Crippen molar-refractivity contribution in [1.82, 2.24) is 15.3 Å². The predicted octanol–water partition coefficient (Wildman–Crippen LogP) is 3.69. The highest BCUT2D eigenvalue weighted by Gasteiger charge is 2.15. The van der Waals surface area contributed by atoms with Gasteiger partial charge in [0.15, 0.2) is 0 Å². The summed E-state index contributed by atoms with van der Waals surface area (Å²) in [5.41, 5.74) is 4.71. The number of allylic oxidation sites excluding steroid dienone is 1. The maximum absolute atomic E-state index is 7.57. The van der Waals surface area contributed by atoms with Crippen molar-refractivity contribution in [2.45, 2.75) is 25.9 Å². The second kappa shape index (κ2) is 7.82. The molecule has 0 saturated carbocycles.